The topological polar surface area (TPSA) is 73.9 Å². The molecule has 2 N–H and O–H groups in total. The van der Waals surface area contributed by atoms with Crippen molar-refractivity contribution in [2.24, 2.45) is 0 Å². The summed E-state index contributed by atoms with van der Waals surface area (Å²) >= 11 is 5.90. The first-order valence-electron chi connectivity index (χ1n) is 9.38. The second kappa shape index (κ2) is 9.90. The number of nitrogens with one attached hydrogen (secondary N) is 2. The first-order chi connectivity index (χ1) is 13.7. The van der Waals surface area contributed by atoms with Crippen LogP contribution < -0.4 is 15.8 Å². The van der Waals surface area contributed by atoms with E-state index in [1.807, 2.05) is 42.5 Å². The molecule has 0 saturated heterocycles. The molecule has 0 aliphatic rings. The van der Waals surface area contributed by atoms with Crippen LogP contribution in [-0.2, 0) is 6.42 Å². The summed E-state index contributed by atoms with van der Waals surface area (Å²) in [5.41, 5.74) is 1.52. The highest BCUT2D eigenvalue weighted by Gasteiger charge is 2.06. The minimum atomic E-state index is -0.129. The Morgan fingerprint density at radius 1 is 1.14 bits per heavy atom. The van der Waals surface area contributed by atoms with E-state index in [0.717, 1.165) is 30.9 Å². The van der Waals surface area contributed by atoms with Gasteiger partial charge in [0.05, 0.1) is 0 Å². The number of aromatic amines is 1. The van der Waals surface area contributed by atoms with Gasteiger partial charge in [0.1, 0.15) is 5.82 Å². The number of pyridine rings is 1. The van der Waals surface area contributed by atoms with E-state index in [1.165, 1.54) is 0 Å². The lowest BCUT2D eigenvalue weighted by molar-refractivity contribution is 0.755. The van der Waals surface area contributed by atoms with Crippen LogP contribution in [0.4, 0.5) is 11.8 Å². The highest BCUT2D eigenvalue weighted by molar-refractivity contribution is 6.30. The first-order valence-corrected chi connectivity index (χ1v) is 9.76. The van der Waals surface area contributed by atoms with E-state index in [1.54, 1.807) is 12.4 Å². The molecule has 0 radical (unpaired) electrons. The molecule has 1 aromatic carbocycles. The van der Waals surface area contributed by atoms with Gasteiger partial charge in [-0.3, -0.25) is 9.78 Å². The largest absolute Gasteiger partial charge is 0.357 e. The fourth-order valence-electron chi connectivity index (χ4n) is 2.91. The van der Waals surface area contributed by atoms with E-state index in [-0.39, 0.29) is 5.56 Å². The quantitative estimate of drug-likeness (QED) is 0.538. The summed E-state index contributed by atoms with van der Waals surface area (Å²) in [5, 5.41) is 3.86. The molecule has 0 bridgehead atoms. The predicted octanol–water partition coefficient (Wildman–Crippen LogP) is 3.74. The van der Waals surface area contributed by atoms with Crippen LogP contribution in [0, 0.1) is 0 Å². The fourth-order valence-corrected chi connectivity index (χ4v) is 3.04. The monoisotopic (exact) mass is 397 g/mol. The molecular formula is C21H24ClN5O. The molecular weight excluding hydrogens is 374 g/mol. The number of nitrogens with zero attached hydrogens (tertiary/aromatic N) is 3. The van der Waals surface area contributed by atoms with Crippen molar-refractivity contribution in [1.29, 1.82) is 0 Å². The summed E-state index contributed by atoms with van der Waals surface area (Å²) < 4.78 is 0. The average Bonchev–Trinajstić information content (AvgIpc) is 2.72. The van der Waals surface area contributed by atoms with Crippen LogP contribution in [0.1, 0.15) is 24.5 Å². The number of anilines is 2. The van der Waals surface area contributed by atoms with Gasteiger partial charge < -0.3 is 10.2 Å². The fraction of sp³-hybridized carbons (Fsp3) is 0.286. The lowest BCUT2D eigenvalue weighted by Crippen LogP contribution is -2.26. The van der Waals surface area contributed by atoms with Gasteiger partial charge in [-0.2, -0.15) is 0 Å². The molecule has 2 heterocycles. The standard InChI is InChI=1S/C21H24ClN5O/c1-2-27(19-6-3-4-11-23-19)13-5-12-24-21-25-15-17(20(28)26-21)14-16-7-9-18(22)10-8-16/h3-4,6-11,15H,2,5,12-14H2,1H3,(H2,24,25,26,28). The van der Waals surface area contributed by atoms with Crippen LogP contribution >= 0.6 is 11.6 Å². The lowest BCUT2D eigenvalue weighted by atomic mass is 10.1. The molecule has 7 heteroatoms. The van der Waals surface area contributed by atoms with E-state index in [0.29, 0.717) is 29.5 Å². The summed E-state index contributed by atoms with van der Waals surface area (Å²) in [6.45, 7) is 4.59. The number of benzene rings is 1. The highest BCUT2D eigenvalue weighted by atomic mass is 35.5. The Kier molecular flexibility index (Phi) is 7.03. The lowest BCUT2D eigenvalue weighted by Gasteiger charge is -2.21. The second-order valence-electron chi connectivity index (χ2n) is 6.44. The van der Waals surface area contributed by atoms with Gasteiger partial charge in [-0.05, 0) is 43.2 Å². The summed E-state index contributed by atoms with van der Waals surface area (Å²) in [6, 6.07) is 13.4. The number of aromatic nitrogens is 3. The Balaban J connectivity index is 1.50. The molecule has 6 nitrogen and oxygen atoms in total. The van der Waals surface area contributed by atoms with Gasteiger partial charge in [-0.15, -0.1) is 0 Å². The zero-order chi connectivity index (χ0) is 19.8. The van der Waals surface area contributed by atoms with Crippen molar-refractivity contribution < 1.29 is 0 Å². The predicted molar refractivity (Wildman–Crippen MR) is 114 cm³/mol. The van der Waals surface area contributed by atoms with E-state index in [2.05, 4.69) is 32.1 Å². The molecule has 0 aliphatic heterocycles. The Labute approximate surface area is 169 Å². The van der Waals surface area contributed by atoms with Crippen LogP contribution in [0.15, 0.2) is 59.7 Å². The SMILES string of the molecule is CCN(CCCNc1ncc(Cc2ccc(Cl)cc2)c(=O)[nH]1)c1ccccn1. The van der Waals surface area contributed by atoms with E-state index in [9.17, 15) is 4.79 Å². The van der Waals surface area contributed by atoms with Crippen molar-refractivity contribution in [1.82, 2.24) is 15.0 Å². The molecule has 0 aliphatic carbocycles. The van der Waals surface area contributed by atoms with Gasteiger partial charge in [0.2, 0.25) is 5.95 Å². The third-order valence-corrected chi connectivity index (χ3v) is 4.69. The highest BCUT2D eigenvalue weighted by Crippen LogP contribution is 2.12. The Morgan fingerprint density at radius 2 is 1.96 bits per heavy atom. The molecule has 0 atom stereocenters. The summed E-state index contributed by atoms with van der Waals surface area (Å²) in [4.78, 5) is 26.0. The van der Waals surface area contributed by atoms with Gasteiger partial charge in [0.15, 0.2) is 0 Å². The third-order valence-electron chi connectivity index (χ3n) is 4.43. The maximum atomic E-state index is 12.3. The number of hydrogen-bond acceptors (Lipinski definition) is 5. The number of H-pyrrole nitrogens is 1. The van der Waals surface area contributed by atoms with Crippen LogP contribution in [0.2, 0.25) is 5.02 Å². The third kappa shape index (κ3) is 5.57. The van der Waals surface area contributed by atoms with Gasteiger partial charge in [-0.1, -0.05) is 29.8 Å². The normalized spacial score (nSPS) is 10.6. The minimum Gasteiger partial charge on any atom is -0.357 e. The van der Waals surface area contributed by atoms with Gasteiger partial charge in [0, 0.05) is 49.0 Å². The molecule has 0 saturated carbocycles. The van der Waals surface area contributed by atoms with E-state index < -0.39 is 0 Å². The Hall–Kier alpha value is -2.86. The van der Waals surface area contributed by atoms with Gasteiger partial charge in [-0.25, -0.2) is 9.97 Å². The van der Waals surface area contributed by atoms with Crippen LogP contribution in [0.25, 0.3) is 0 Å². The maximum absolute atomic E-state index is 12.3. The van der Waals surface area contributed by atoms with Crippen molar-refractivity contribution in [3.05, 3.63) is 81.4 Å². The van der Waals surface area contributed by atoms with Crippen molar-refractivity contribution in [2.45, 2.75) is 19.8 Å². The van der Waals surface area contributed by atoms with E-state index in [4.69, 9.17) is 11.6 Å². The zero-order valence-corrected chi connectivity index (χ0v) is 16.6. The Bertz CT molecular complexity index is 928. The first kappa shape index (κ1) is 19.9. The summed E-state index contributed by atoms with van der Waals surface area (Å²) in [5.74, 6) is 1.47. The van der Waals surface area contributed by atoms with Crippen LogP contribution in [0.3, 0.4) is 0 Å². The van der Waals surface area contributed by atoms with Crippen molar-refractivity contribution in [3.63, 3.8) is 0 Å². The van der Waals surface area contributed by atoms with Gasteiger partial charge in [0.25, 0.3) is 5.56 Å². The molecule has 146 valence electrons. The zero-order valence-electron chi connectivity index (χ0n) is 15.9. The van der Waals surface area contributed by atoms with Crippen molar-refractivity contribution in [2.75, 3.05) is 29.9 Å². The molecule has 0 amide bonds. The summed E-state index contributed by atoms with van der Waals surface area (Å²) in [7, 11) is 0. The number of hydrogen-bond donors (Lipinski definition) is 2. The summed E-state index contributed by atoms with van der Waals surface area (Å²) in [6.07, 6.45) is 4.86. The molecule has 2 aromatic heterocycles. The molecule has 0 unspecified atom stereocenters. The molecule has 28 heavy (non-hydrogen) atoms. The maximum Gasteiger partial charge on any atom is 0.255 e. The molecule has 0 spiro atoms. The second-order valence-corrected chi connectivity index (χ2v) is 6.87. The number of rotatable bonds is 9. The van der Waals surface area contributed by atoms with Crippen molar-refractivity contribution in [3.8, 4) is 0 Å². The number of halogens is 1. The van der Waals surface area contributed by atoms with Crippen LogP contribution in [-0.4, -0.2) is 34.6 Å². The molecule has 3 aromatic rings. The van der Waals surface area contributed by atoms with Crippen LogP contribution in [0.5, 0.6) is 0 Å². The van der Waals surface area contributed by atoms with Crippen molar-refractivity contribution >= 4 is 23.4 Å². The Morgan fingerprint density at radius 3 is 2.64 bits per heavy atom. The smallest absolute Gasteiger partial charge is 0.255 e. The van der Waals surface area contributed by atoms with E-state index >= 15 is 0 Å². The average molecular weight is 398 g/mol. The molecule has 3 rings (SSSR count). The van der Waals surface area contributed by atoms with Gasteiger partial charge >= 0.3 is 0 Å². The minimum absolute atomic E-state index is 0.129. The molecule has 0 fully saturated rings.